The van der Waals surface area contributed by atoms with Crippen LogP contribution in [0.2, 0.25) is 0 Å². The minimum atomic E-state index is 0.192. The molecule has 0 atom stereocenters. The molecular formula is C3H8N2O. The van der Waals surface area contributed by atoms with Crippen molar-refractivity contribution in [3.63, 3.8) is 0 Å². The van der Waals surface area contributed by atoms with Crippen LogP contribution in [0, 0.1) is 5.21 Å². The largest absolute Gasteiger partial charge is 0.634 e. The molecule has 0 spiro atoms. The lowest BCUT2D eigenvalue weighted by Crippen LogP contribution is -3.18. The maximum absolute atomic E-state index is 10.0. The second-order valence-electron chi connectivity index (χ2n) is 1.71. The Morgan fingerprint density at radius 2 is 2.17 bits per heavy atom. The minimum absolute atomic E-state index is 0.192. The van der Waals surface area contributed by atoms with Crippen LogP contribution in [0.4, 0.5) is 0 Å². The van der Waals surface area contributed by atoms with Crippen LogP contribution in [0.3, 0.4) is 0 Å². The Bertz CT molecular complexity index is 44.8. The number of hydroxylamine groups is 2. The molecule has 0 aromatic carbocycles. The van der Waals surface area contributed by atoms with E-state index in [0.717, 1.165) is 0 Å². The fourth-order valence-corrected chi connectivity index (χ4v) is 0.525. The Labute approximate surface area is 36.3 Å². The predicted molar refractivity (Wildman–Crippen MR) is 22.0 cm³/mol. The smallest absolute Gasteiger partial charge is 0.104 e. The third-order valence-corrected chi connectivity index (χ3v) is 0.980. The molecule has 36 valence electrons. The van der Waals surface area contributed by atoms with Gasteiger partial charge in [0, 0.05) is 0 Å². The maximum atomic E-state index is 10.0. The zero-order valence-electron chi connectivity index (χ0n) is 3.48. The van der Waals surface area contributed by atoms with Crippen molar-refractivity contribution in [2.45, 2.75) is 6.04 Å². The van der Waals surface area contributed by atoms with Gasteiger partial charge in [-0.2, -0.15) is 0 Å². The first kappa shape index (κ1) is 4.05. The SMILES string of the molecule is NC1C[NH+]([O-])C1. The van der Waals surface area contributed by atoms with Gasteiger partial charge in [-0.3, -0.25) is 0 Å². The minimum Gasteiger partial charge on any atom is -0.634 e. The van der Waals surface area contributed by atoms with Gasteiger partial charge in [0.1, 0.15) is 6.04 Å². The van der Waals surface area contributed by atoms with Crippen LogP contribution in [0.15, 0.2) is 0 Å². The second kappa shape index (κ2) is 1.18. The lowest BCUT2D eigenvalue weighted by molar-refractivity contribution is -0.892. The van der Waals surface area contributed by atoms with Crippen LogP contribution >= 0.6 is 0 Å². The average molecular weight is 88.1 g/mol. The normalized spacial score (nSPS) is 45.0. The molecule has 1 fully saturated rings. The summed E-state index contributed by atoms with van der Waals surface area (Å²) in [6.07, 6.45) is 0. The Balaban J connectivity index is 2.11. The molecule has 1 rings (SSSR count). The Morgan fingerprint density at radius 1 is 1.67 bits per heavy atom. The molecule has 6 heavy (non-hydrogen) atoms. The van der Waals surface area contributed by atoms with Crippen LogP contribution in [0.1, 0.15) is 0 Å². The Hall–Kier alpha value is -0.120. The molecule has 0 bridgehead atoms. The molecule has 0 aromatic heterocycles. The van der Waals surface area contributed by atoms with E-state index in [4.69, 9.17) is 5.73 Å². The van der Waals surface area contributed by atoms with E-state index in [-0.39, 0.29) is 6.04 Å². The van der Waals surface area contributed by atoms with E-state index in [2.05, 4.69) is 0 Å². The molecule has 1 aliphatic rings. The van der Waals surface area contributed by atoms with Gasteiger partial charge < -0.3 is 16.0 Å². The topological polar surface area (TPSA) is 53.5 Å². The molecule has 0 saturated carbocycles. The molecule has 3 nitrogen and oxygen atoms in total. The summed E-state index contributed by atoms with van der Waals surface area (Å²) in [4.78, 5) is 0. The van der Waals surface area contributed by atoms with Crippen molar-refractivity contribution >= 4 is 0 Å². The van der Waals surface area contributed by atoms with Gasteiger partial charge >= 0.3 is 0 Å². The average Bonchev–Trinajstić information content (AvgIpc) is 1.33. The molecule has 0 radical (unpaired) electrons. The molecule has 1 heterocycles. The number of hydrogen-bond acceptors (Lipinski definition) is 2. The zero-order chi connectivity index (χ0) is 4.57. The molecule has 0 aromatic rings. The van der Waals surface area contributed by atoms with Crippen molar-refractivity contribution in [1.29, 1.82) is 0 Å². The van der Waals surface area contributed by atoms with Crippen molar-refractivity contribution in [3.8, 4) is 0 Å². The standard InChI is InChI=1S/C3H8N2O/c4-3-1-5(6)2-3/h3,5H,1-2,4H2. The number of quaternary nitrogens is 1. The van der Waals surface area contributed by atoms with Crippen molar-refractivity contribution in [2.24, 2.45) is 5.73 Å². The van der Waals surface area contributed by atoms with Gasteiger partial charge in [-0.05, 0) is 0 Å². The third-order valence-electron chi connectivity index (χ3n) is 0.980. The third kappa shape index (κ3) is 0.518. The highest BCUT2D eigenvalue weighted by Gasteiger charge is 2.19. The molecular weight excluding hydrogens is 80.0 g/mol. The highest BCUT2D eigenvalue weighted by Crippen LogP contribution is 1.73. The molecule has 1 aliphatic heterocycles. The number of nitrogens with two attached hydrogens (primary N) is 1. The van der Waals surface area contributed by atoms with Crippen LogP contribution in [-0.4, -0.2) is 19.1 Å². The molecule has 0 amide bonds. The summed E-state index contributed by atoms with van der Waals surface area (Å²) >= 11 is 0. The molecule has 3 N–H and O–H groups in total. The Morgan fingerprint density at radius 3 is 2.17 bits per heavy atom. The quantitative estimate of drug-likeness (QED) is 0.327. The summed E-state index contributed by atoms with van der Waals surface area (Å²) < 4.78 is 0. The van der Waals surface area contributed by atoms with Crippen molar-refractivity contribution in [2.75, 3.05) is 13.1 Å². The summed E-state index contributed by atoms with van der Waals surface area (Å²) in [6.45, 7) is 1.22. The lowest BCUT2D eigenvalue weighted by atomic mass is 10.2. The summed E-state index contributed by atoms with van der Waals surface area (Å²) in [7, 11) is 0. The fourth-order valence-electron chi connectivity index (χ4n) is 0.525. The first-order valence-corrected chi connectivity index (χ1v) is 2.06. The van der Waals surface area contributed by atoms with Crippen LogP contribution in [-0.2, 0) is 0 Å². The van der Waals surface area contributed by atoms with Gasteiger partial charge in [0.2, 0.25) is 0 Å². The summed E-state index contributed by atoms with van der Waals surface area (Å²) in [5.41, 5.74) is 5.25. The highest BCUT2D eigenvalue weighted by molar-refractivity contribution is 4.63. The number of hydrogen-bond donors (Lipinski definition) is 2. The van der Waals surface area contributed by atoms with Gasteiger partial charge in [0.05, 0.1) is 13.1 Å². The molecule has 3 heteroatoms. The monoisotopic (exact) mass is 88.1 g/mol. The van der Waals surface area contributed by atoms with Crippen LogP contribution in [0.25, 0.3) is 0 Å². The van der Waals surface area contributed by atoms with Gasteiger partial charge in [-0.1, -0.05) is 0 Å². The second-order valence-corrected chi connectivity index (χ2v) is 1.71. The maximum Gasteiger partial charge on any atom is 0.104 e. The number of nitrogens with one attached hydrogen (secondary N) is 1. The summed E-state index contributed by atoms with van der Waals surface area (Å²) in [6, 6.07) is 0.192. The van der Waals surface area contributed by atoms with E-state index >= 15 is 0 Å². The lowest BCUT2D eigenvalue weighted by Gasteiger charge is -2.35. The van der Waals surface area contributed by atoms with Crippen molar-refractivity contribution < 1.29 is 5.06 Å². The molecule has 0 aliphatic carbocycles. The summed E-state index contributed by atoms with van der Waals surface area (Å²) in [5.74, 6) is 0. The Kier molecular flexibility index (Phi) is 0.799. The molecule has 1 saturated heterocycles. The van der Waals surface area contributed by atoms with E-state index < -0.39 is 0 Å². The van der Waals surface area contributed by atoms with E-state index in [9.17, 15) is 5.21 Å². The number of rotatable bonds is 0. The van der Waals surface area contributed by atoms with Crippen LogP contribution in [0.5, 0.6) is 0 Å². The highest BCUT2D eigenvalue weighted by atomic mass is 16.5. The van der Waals surface area contributed by atoms with Gasteiger partial charge in [-0.25, -0.2) is 0 Å². The van der Waals surface area contributed by atoms with Crippen molar-refractivity contribution in [3.05, 3.63) is 5.21 Å². The van der Waals surface area contributed by atoms with E-state index in [1.165, 1.54) is 0 Å². The summed E-state index contributed by atoms with van der Waals surface area (Å²) in [5, 5.41) is 10.3. The first-order chi connectivity index (χ1) is 2.79. The first-order valence-electron chi connectivity index (χ1n) is 2.06. The van der Waals surface area contributed by atoms with Crippen molar-refractivity contribution in [1.82, 2.24) is 0 Å². The zero-order valence-corrected chi connectivity index (χ0v) is 3.48. The van der Waals surface area contributed by atoms with Gasteiger partial charge in [0.15, 0.2) is 0 Å². The van der Waals surface area contributed by atoms with Crippen LogP contribution < -0.4 is 10.8 Å². The van der Waals surface area contributed by atoms with Gasteiger partial charge in [-0.15, -0.1) is 0 Å². The molecule has 0 unspecified atom stereocenters. The predicted octanol–water partition coefficient (Wildman–Crippen LogP) is -2.29. The van der Waals surface area contributed by atoms with E-state index in [1.807, 2.05) is 0 Å². The van der Waals surface area contributed by atoms with Gasteiger partial charge in [0.25, 0.3) is 0 Å². The van der Waals surface area contributed by atoms with E-state index in [1.54, 1.807) is 0 Å². The van der Waals surface area contributed by atoms with E-state index in [0.29, 0.717) is 18.2 Å². The fraction of sp³-hybridized carbons (Fsp3) is 1.00.